The number of piperidine rings is 1. The van der Waals surface area contributed by atoms with Gasteiger partial charge in [-0.1, -0.05) is 23.7 Å². The zero-order valence-electron chi connectivity index (χ0n) is 10.6. The Morgan fingerprint density at radius 1 is 1.22 bits per heavy atom. The number of thioether (sulfide) groups is 1. The summed E-state index contributed by atoms with van der Waals surface area (Å²) in [4.78, 5) is 0. The smallest absolute Gasteiger partial charge is 0.0408 e. The van der Waals surface area contributed by atoms with Crippen molar-refractivity contribution in [2.24, 2.45) is 5.41 Å². The number of hydrogen-bond donors (Lipinski definition) is 1. The maximum Gasteiger partial charge on any atom is 0.0408 e. The molecule has 0 amide bonds. The maximum absolute atomic E-state index is 6.17. The second kappa shape index (κ2) is 5.44. The molecule has 1 atom stereocenters. The molecule has 1 unspecified atom stereocenters. The number of hydrogen-bond acceptors (Lipinski definition) is 2. The van der Waals surface area contributed by atoms with Crippen LogP contribution >= 0.6 is 23.4 Å². The predicted molar refractivity (Wildman–Crippen MR) is 80.7 cm³/mol. The molecule has 3 rings (SSSR count). The molecular formula is C15H20ClNS. The van der Waals surface area contributed by atoms with Crippen LogP contribution in [0.2, 0.25) is 5.02 Å². The molecule has 1 N–H and O–H groups in total. The van der Waals surface area contributed by atoms with Crippen LogP contribution in [0.1, 0.15) is 30.7 Å². The first-order valence-electron chi connectivity index (χ1n) is 6.84. The van der Waals surface area contributed by atoms with Crippen LogP contribution < -0.4 is 5.32 Å². The van der Waals surface area contributed by atoms with Gasteiger partial charge in [0.25, 0.3) is 0 Å². The van der Waals surface area contributed by atoms with Crippen LogP contribution in [0.3, 0.4) is 0 Å². The highest BCUT2D eigenvalue weighted by Gasteiger charge is 2.42. The quantitative estimate of drug-likeness (QED) is 0.837. The Balaban J connectivity index is 1.91. The van der Waals surface area contributed by atoms with Crippen molar-refractivity contribution in [3.05, 3.63) is 34.9 Å². The van der Waals surface area contributed by atoms with Crippen LogP contribution in [-0.2, 0) is 0 Å². The van der Waals surface area contributed by atoms with Crippen molar-refractivity contribution in [2.45, 2.75) is 25.2 Å². The average Bonchev–Trinajstić information content (AvgIpc) is 2.40. The van der Waals surface area contributed by atoms with Gasteiger partial charge in [0.15, 0.2) is 0 Å². The summed E-state index contributed by atoms with van der Waals surface area (Å²) in [6, 6.07) is 8.50. The van der Waals surface area contributed by atoms with Crippen molar-refractivity contribution in [3.8, 4) is 0 Å². The van der Waals surface area contributed by atoms with Crippen molar-refractivity contribution >= 4 is 23.4 Å². The summed E-state index contributed by atoms with van der Waals surface area (Å²) in [5, 5.41) is 4.45. The molecular weight excluding hydrogens is 262 g/mol. The van der Waals surface area contributed by atoms with E-state index in [-0.39, 0.29) is 0 Å². The van der Waals surface area contributed by atoms with E-state index in [2.05, 4.69) is 35.3 Å². The van der Waals surface area contributed by atoms with E-state index in [0.717, 1.165) is 11.6 Å². The lowest BCUT2D eigenvalue weighted by molar-refractivity contribution is 0.147. The van der Waals surface area contributed by atoms with Gasteiger partial charge < -0.3 is 5.32 Å². The van der Waals surface area contributed by atoms with Crippen LogP contribution in [0.15, 0.2) is 24.3 Å². The molecule has 2 fully saturated rings. The van der Waals surface area contributed by atoms with E-state index in [1.807, 2.05) is 6.07 Å². The highest BCUT2D eigenvalue weighted by molar-refractivity contribution is 7.99. The van der Waals surface area contributed by atoms with Gasteiger partial charge in [0.05, 0.1) is 0 Å². The van der Waals surface area contributed by atoms with E-state index in [0.29, 0.717) is 11.3 Å². The Hall–Kier alpha value is -0.180. The number of nitrogens with one attached hydrogen (secondary N) is 1. The minimum Gasteiger partial charge on any atom is -0.316 e. The summed E-state index contributed by atoms with van der Waals surface area (Å²) in [5.74, 6) is 3.31. The summed E-state index contributed by atoms with van der Waals surface area (Å²) in [6.45, 7) is 2.30. The van der Waals surface area contributed by atoms with Crippen molar-refractivity contribution in [2.75, 3.05) is 24.6 Å². The molecule has 18 heavy (non-hydrogen) atoms. The maximum atomic E-state index is 6.17. The molecule has 2 aliphatic rings. The van der Waals surface area contributed by atoms with E-state index in [1.54, 1.807) is 0 Å². The molecule has 2 aliphatic heterocycles. The first-order valence-corrected chi connectivity index (χ1v) is 8.37. The second-order valence-electron chi connectivity index (χ2n) is 5.54. The van der Waals surface area contributed by atoms with Crippen LogP contribution in [0.25, 0.3) is 0 Å². The third-order valence-electron chi connectivity index (χ3n) is 4.63. The van der Waals surface area contributed by atoms with Gasteiger partial charge in [-0.05, 0) is 60.4 Å². The van der Waals surface area contributed by atoms with Crippen LogP contribution in [0.4, 0.5) is 0 Å². The fourth-order valence-corrected chi connectivity index (χ4v) is 5.05. The summed E-state index contributed by atoms with van der Waals surface area (Å²) in [7, 11) is 0. The van der Waals surface area contributed by atoms with Gasteiger partial charge in [0, 0.05) is 17.5 Å². The van der Waals surface area contributed by atoms with Gasteiger partial charge in [-0.15, -0.1) is 0 Å². The standard InChI is InChI=1S/C15H20ClNS/c16-13-3-1-2-12(10-13)14-11-17-7-4-15(14)5-8-18-9-6-15/h1-3,10,14,17H,4-9,11H2. The van der Waals surface area contributed by atoms with Gasteiger partial charge in [0.1, 0.15) is 0 Å². The third-order valence-corrected chi connectivity index (χ3v) is 5.85. The highest BCUT2D eigenvalue weighted by Crippen LogP contribution is 2.50. The highest BCUT2D eigenvalue weighted by atomic mass is 35.5. The fraction of sp³-hybridized carbons (Fsp3) is 0.600. The Kier molecular flexibility index (Phi) is 3.88. The van der Waals surface area contributed by atoms with Crippen LogP contribution in [0.5, 0.6) is 0 Å². The molecule has 3 heteroatoms. The van der Waals surface area contributed by atoms with E-state index >= 15 is 0 Å². The number of rotatable bonds is 1. The summed E-state index contributed by atoms with van der Waals surface area (Å²) < 4.78 is 0. The minimum absolute atomic E-state index is 0.529. The zero-order chi connectivity index (χ0) is 12.4. The molecule has 1 spiro atoms. The Bertz CT molecular complexity index is 406. The monoisotopic (exact) mass is 281 g/mol. The SMILES string of the molecule is Clc1cccc(C2CNCCC23CCSCC3)c1. The van der Waals surface area contributed by atoms with E-state index in [1.165, 1.54) is 42.9 Å². The largest absolute Gasteiger partial charge is 0.316 e. The van der Waals surface area contributed by atoms with Crippen molar-refractivity contribution in [1.82, 2.24) is 5.32 Å². The van der Waals surface area contributed by atoms with Crippen molar-refractivity contribution in [3.63, 3.8) is 0 Å². The molecule has 2 saturated heterocycles. The lowest BCUT2D eigenvalue weighted by atomic mass is 9.64. The number of halogens is 1. The van der Waals surface area contributed by atoms with Crippen LogP contribution in [0, 0.1) is 5.41 Å². The van der Waals surface area contributed by atoms with E-state index < -0.39 is 0 Å². The minimum atomic E-state index is 0.529. The van der Waals surface area contributed by atoms with Gasteiger partial charge >= 0.3 is 0 Å². The van der Waals surface area contributed by atoms with E-state index in [4.69, 9.17) is 11.6 Å². The molecule has 1 aromatic rings. The molecule has 1 aromatic carbocycles. The third kappa shape index (κ3) is 2.43. The van der Waals surface area contributed by atoms with Crippen molar-refractivity contribution < 1.29 is 0 Å². The molecule has 0 aliphatic carbocycles. The average molecular weight is 282 g/mol. The summed E-state index contributed by atoms with van der Waals surface area (Å²) in [5.41, 5.74) is 1.96. The van der Waals surface area contributed by atoms with Gasteiger partial charge in [-0.25, -0.2) is 0 Å². The first-order chi connectivity index (χ1) is 8.80. The van der Waals surface area contributed by atoms with Gasteiger partial charge in [-0.3, -0.25) is 0 Å². The normalized spacial score (nSPS) is 27.3. The molecule has 2 heterocycles. The molecule has 0 bridgehead atoms. The zero-order valence-corrected chi connectivity index (χ0v) is 12.2. The topological polar surface area (TPSA) is 12.0 Å². The van der Waals surface area contributed by atoms with Crippen molar-refractivity contribution in [1.29, 1.82) is 0 Å². The van der Waals surface area contributed by atoms with Gasteiger partial charge in [0.2, 0.25) is 0 Å². The molecule has 0 saturated carbocycles. The van der Waals surface area contributed by atoms with Gasteiger partial charge in [-0.2, -0.15) is 11.8 Å². The lowest BCUT2D eigenvalue weighted by Crippen LogP contribution is -2.45. The molecule has 98 valence electrons. The summed E-state index contributed by atoms with van der Waals surface area (Å²) in [6.07, 6.45) is 4.07. The Labute approximate surface area is 119 Å². The number of benzene rings is 1. The Morgan fingerprint density at radius 3 is 2.83 bits per heavy atom. The molecule has 1 nitrogen and oxygen atoms in total. The molecule has 0 radical (unpaired) electrons. The second-order valence-corrected chi connectivity index (χ2v) is 7.20. The first kappa shape index (κ1) is 12.8. The summed E-state index contributed by atoms with van der Waals surface area (Å²) >= 11 is 8.28. The molecule has 0 aromatic heterocycles. The predicted octanol–water partition coefficient (Wildman–Crippen LogP) is 3.93. The fourth-order valence-electron chi connectivity index (χ4n) is 3.55. The Morgan fingerprint density at radius 2 is 2.06 bits per heavy atom. The lowest BCUT2D eigenvalue weighted by Gasteiger charge is -2.47. The van der Waals surface area contributed by atoms with Crippen LogP contribution in [-0.4, -0.2) is 24.6 Å². The van der Waals surface area contributed by atoms with E-state index in [9.17, 15) is 0 Å².